The summed E-state index contributed by atoms with van der Waals surface area (Å²) in [6.45, 7) is 4.91. The van der Waals surface area contributed by atoms with Crippen molar-refractivity contribution < 1.29 is 18.8 Å². The summed E-state index contributed by atoms with van der Waals surface area (Å²) < 4.78 is 14.5. The molecular weight excluding hydrogens is 423 g/mol. The molecule has 0 aliphatic carbocycles. The van der Waals surface area contributed by atoms with Crippen molar-refractivity contribution in [1.82, 2.24) is 20.1 Å². The van der Waals surface area contributed by atoms with Crippen LogP contribution >= 0.6 is 0 Å². The summed E-state index contributed by atoms with van der Waals surface area (Å²) in [5, 5.41) is 2.32. The van der Waals surface area contributed by atoms with E-state index in [0.717, 1.165) is 49.3 Å². The van der Waals surface area contributed by atoms with Gasteiger partial charge in [0.1, 0.15) is 11.9 Å². The number of aromatic nitrogens is 1. The Kier molecular flexibility index (Phi) is 5.70. The summed E-state index contributed by atoms with van der Waals surface area (Å²) in [6, 6.07) is 6.29. The molecule has 2 saturated heterocycles. The minimum Gasteiger partial charge on any atom is -0.322 e. The normalized spacial score (nSPS) is 21.9. The Hall–Kier alpha value is -3.13. The van der Waals surface area contributed by atoms with Crippen molar-refractivity contribution in [3.8, 4) is 0 Å². The number of rotatable bonds is 4. The summed E-state index contributed by atoms with van der Waals surface area (Å²) in [5.74, 6) is -1.35. The van der Waals surface area contributed by atoms with Crippen LogP contribution in [0.4, 0.5) is 4.39 Å². The van der Waals surface area contributed by atoms with E-state index < -0.39 is 17.8 Å². The molecule has 172 valence electrons. The van der Waals surface area contributed by atoms with E-state index in [1.54, 1.807) is 6.07 Å². The van der Waals surface area contributed by atoms with Crippen LogP contribution in [0.15, 0.2) is 30.5 Å². The Balaban J connectivity index is 1.31. The fourth-order valence-corrected chi connectivity index (χ4v) is 5.38. The largest absolute Gasteiger partial charge is 0.322 e. The molecule has 0 spiro atoms. The van der Waals surface area contributed by atoms with E-state index in [0.29, 0.717) is 12.0 Å². The van der Waals surface area contributed by atoms with Crippen LogP contribution in [0.25, 0.3) is 0 Å². The number of piperidine rings is 2. The van der Waals surface area contributed by atoms with E-state index in [2.05, 4.69) is 21.3 Å². The Morgan fingerprint density at radius 3 is 2.64 bits per heavy atom. The van der Waals surface area contributed by atoms with Gasteiger partial charge in [0, 0.05) is 37.0 Å². The van der Waals surface area contributed by atoms with Crippen molar-refractivity contribution in [3.63, 3.8) is 0 Å². The first-order valence-corrected chi connectivity index (χ1v) is 11.5. The molecule has 33 heavy (non-hydrogen) atoms. The number of aryl methyl sites for hydroxylation is 1. The van der Waals surface area contributed by atoms with Gasteiger partial charge in [-0.3, -0.25) is 29.6 Å². The number of hydrogen-bond donors (Lipinski definition) is 1. The maximum atomic E-state index is 14.5. The van der Waals surface area contributed by atoms with Gasteiger partial charge in [0.2, 0.25) is 11.8 Å². The lowest BCUT2D eigenvalue weighted by Crippen LogP contribution is -2.52. The van der Waals surface area contributed by atoms with Gasteiger partial charge in [0.15, 0.2) is 0 Å². The van der Waals surface area contributed by atoms with Gasteiger partial charge in [-0.15, -0.1) is 0 Å². The molecule has 1 aromatic heterocycles. The Morgan fingerprint density at radius 2 is 1.91 bits per heavy atom. The van der Waals surface area contributed by atoms with Crippen molar-refractivity contribution in [3.05, 3.63) is 64.2 Å². The molecule has 0 saturated carbocycles. The average Bonchev–Trinajstić information content (AvgIpc) is 3.10. The van der Waals surface area contributed by atoms with Gasteiger partial charge in [0.05, 0.1) is 0 Å². The Bertz CT molecular complexity index is 1130. The highest BCUT2D eigenvalue weighted by atomic mass is 19.1. The minimum absolute atomic E-state index is 0.166. The third-order valence-corrected chi connectivity index (χ3v) is 7.05. The third-order valence-electron chi connectivity index (χ3n) is 7.05. The van der Waals surface area contributed by atoms with Gasteiger partial charge in [-0.2, -0.15) is 0 Å². The number of carbonyl (C=O) groups is 3. The van der Waals surface area contributed by atoms with E-state index in [1.165, 1.54) is 16.5 Å². The smallest absolute Gasteiger partial charge is 0.255 e. The number of likely N-dealkylation sites (tertiary alicyclic amines) is 1. The van der Waals surface area contributed by atoms with Gasteiger partial charge < -0.3 is 4.90 Å². The molecule has 2 aromatic rings. The number of halogens is 1. The zero-order chi connectivity index (χ0) is 23.1. The van der Waals surface area contributed by atoms with Crippen LogP contribution in [0.1, 0.15) is 64.3 Å². The van der Waals surface area contributed by atoms with Crippen LogP contribution in [0.5, 0.6) is 0 Å². The van der Waals surface area contributed by atoms with Crippen LogP contribution in [0.2, 0.25) is 0 Å². The van der Waals surface area contributed by atoms with Crippen LogP contribution in [-0.4, -0.2) is 51.6 Å². The number of amides is 3. The van der Waals surface area contributed by atoms with Crippen molar-refractivity contribution in [1.29, 1.82) is 0 Å². The molecule has 1 atom stereocenters. The fraction of sp³-hybridized carbons (Fsp3) is 0.440. The molecular formula is C25H27FN4O3. The van der Waals surface area contributed by atoms with Crippen LogP contribution in [0.3, 0.4) is 0 Å². The summed E-state index contributed by atoms with van der Waals surface area (Å²) in [6.07, 6.45) is 4.10. The SMILES string of the molecule is Cc1cc(CN2CCC(c3cc(F)cc4c3CN(C3CCC(=O)NC3=O)C4=O)CC2)ccn1. The molecule has 0 bridgehead atoms. The fourth-order valence-electron chi connectivity index (χ4n) is 5.38. The van der Waals surface area contributed by atoms with Gasteiger partial charge in [0.25, 0.3) is 5.91 Å². The number of hydrogen-bond acceptors (Lipinski definition) is 5. The molecule has 3 amide bonds. The second-order valence-electron chi connectivity index (χ2n) is 9.28. The standard InChI is InChI=1S/C25H27FN4O3/c1-15-10-16(4-7-27-15)13-29-8-5-17(6-9-29)19-11-18(26)12-20-21(19)14-30(25(20)33)22-2-3-23(31)28-24(22)32/h4,7,10-12,17,22H,2-3,5-6,8-9,13-14H2,1H3,(H,28,31,32). The zero-order valence-corrected chi connectivity index (χ0v) is 18.6. The van der Waals surface area contributed by atoms with Gasteiger partial charge in [-0.1, -0.05) is 0 Å². The van der Waals surface area contributed by atoms with E-state index in [4.69, 9.17) is 0 Å². The number of carbonyl (C=O) groups excluding carboxylic acids is 3. The van der Waals surface area contributed by atoms with E-state index in [9.17, 15) is 18.8 Å². The second-order valence-corrected chi connectivity index (χ2v) is 9.28. The number of imide groups is 1. The first kappa shape index (κ1) is 21.7. The van der Waals surface area contributed by atoms with E-state index in [1.807, 2.05) is 19.2 Å². The second kappa shape index (κ2) is 8.67. The summed E-state index contributed by atoms with van der Waals surface area (Å²) in [7, 11) is 0. The summed E-state index contributed by atoms with van der Waals surface area (Å²) in [4.78, 5) is 45.1. The Morgan fingerprint density at radius 1 is 1.12 bits per heavy atom. The highest BCUT2D eigenvalue weighted by Gasteiger charge is 2.41. The maximum absolute atomic E-state index is 14.5. The monoisotopic (exact) mass is 450 g/mol. The van der Waals surface area contributed by atoms with Crippen LogP contribution in [-0.2, 0) is 22.7 Å². The Labute approximate surface area is 192 Å². The highest BCUT2D eigenvalue weighted by Crippen LogP contribution is 2.38. The minimum atomic E-state index is -0.691. The van der Waals surface area contributed by atoms with Crippen LogP contribution in [0, 0.1) is 12.7 Å². The summed E-state index contributed by atoms with van der Waals surface area (Å²) >= 11 is 0. The quantitative estimate of drug-likeness (QED) is 0.725. The predicted octanol–water partition coefficient (Wildman–Crippen LogP) is 2.67. The van der Waals surface area contributed by atoms with Gasteiger partial charge >= 0.3 is 0 Å². The molecule has 1 unspecified atom stereocenters. The van der Waals surface area contributed by atoms with E-state index >= 15 is 0 Å². The number of nitrogens with one attached hydrogen (secondary N) is 1. The van der Waals surface area contributed by atoms with E-state index in [-0.39, 0.29) is 30.7 Å². The first-order valence-electron chi connectivity index (χ1n) is 11.5. The number of pyridine rings is 1. The van der Waals surface area contributed by atoms with Gasteiger partial charge in [-0.05, 0) is 86.1 Å². The van der Waals surface area contributed by atoms with Gasteiger partial charge in [-0.25, -0.2) is 4.39 Å². The summed E-state index contributed by atoms with van der Waals surface area (Å²) in [5.41, 5.74) is 4.30. The van der Waals surface area contributed by atoms with Crippen LogP contribution < -0.4 is 5.32 Å². The zero-order valence-electron chi connectivity index (χ0n) is 18.6. The lowest BCUT2D eigenvalue weighted by molar-refractivity contribution is -0.136. The topological polar surface area (TPSA) is 82.6 Å². The van der Waals surface area contributed by atoms with Crippen molar-refractivity contribution in [2.45, 2.75) is 57.7 Å². The molecule has 8 heteroatoms. The molecule has 1 aromatic carbocycles. The third kappa shape index (κ3) is 4.27. The first-order chi connectivity index (χ1) is 15.9. The number of fused-ring (bicyclic) bond motifs is 1. The predicted molar refractivity (Wildman–Crippen MR) is 119 cm³/mol. The molecule has 3 aliphatic rings. The average molecular weight is 451 g/mol. The lowest BCUT2D eigenvalue weighted by atomic mass is 9.85. The number of nitrogens with zero attached hydrogens (tertiary/aromatic N) is 3. The lowest BCUT2D eigenvalue weighted by Gasteiger charge is -2.33. The molecule has 5 rings (SSSR count). The maximum Gasteiger partial charge on any atom is 0.255 e. The molecule has 1 N–H and O–H groups in total. The van der Waals surface area contributed by atoms with Crippen molar-refractivity contribution >= 4 is 17.7 Å². The molecule has 2 fully saturated rings. The highest BCUT2D eigenvalue weighted by molar-refractivity contribution is 6.05. The molecule has 3 aliphatic heterocycles. The molecule has 0 radical (unpaired) electrons. The van der Waals surface area contributed by atoms with Crippen molar-refractivity contribution in [2.75, 3.05) is 13.1 Å². The number of benzene rings is 1. The van der Waals surface area contributed by atoms with Crippen molar-refractivity contribution in [2.24, 2.45) is 0 Å². The molecule has 4 heterocycles. The molecule has 7 nitrogen and oxygen atoms in total.